The van der Waals surface area contributed by atoms with Crippen molar-refractivity contribution in [3.05, 3.63) is 24.0 Å². The van der Waals surface area contributed by atoms with Crippen LogP contribution in [-0.4, -0.2) is 16.6 Å². The number of nitrogens with zero attached hydrogens (tertiary/aromatic N) is 1. The van der Waals surface area contributed by atoms with E-state index in [0.29, 0.717) is 6.10 Å². The minimum Gasteiger partial charge on any atom is -0.488 e. The largest absolute Gasteiger partial charge is 0.488 e. The number of hydrogen-bond donors (Lipinski definition) is 1. The van der Waals surface area contributed by atoms with Crippen LogP contribution >= 0.6 is 0 Å². The predicted octanol–water partition coefficient (Wildman–Crippen LogP) is 4.17. The van der Waals surface area contributed by atoms with Gasteiger partial charge in [-0.25, -0.2) is 0 Å². The number of nitrogens with one attached hydrogen (secondary N) is 1. The van der Waals surface area contributed by atoms with Crippen LogP contribution in [0.25, 0.3) is 0 Å². The zero-order chi connectivity index (χ0) is 15.5. The normalized spacial score (nSPS) is 26.6. The summed E-state index contributed by atoms with van der Waals surface area (Å²) in [4.78, 5) is 4.24. The molecule has 3 nitrogen and oxygen atoms in total. The van der Waals surface area contributed by atoms with Crippen LogP contribution in [0.4, 0.5) is 0 Å². The highest BCUT2D eigenvalue weighted by atomic mass is 16.5. The standard InChI is InChI=1S/C18H30N2O/c1-13-8-14(2)10-16(9-13)21-17-12-19-7-6-15(17)11-20-18(3,4)5/h6-7,12-14,16,20H,8-11H2,1-5H3. The molecule has 1 aromatic rings. The van der Waals surface area contributed by atoms with Gasteiger partial charge in [0, 0.05) is 23.8 Å². The van der Waals surface area contributed by atoms with Crippen LogP contribution in [0.2, 0.25) is 0 Å². The third kappa shape index (κ3) is 5.31. The summed E-state index contributed by atoms with van der Waals surface area (Å²) >= 11 is 0. The van der Waals surface area contributed by atoms with Gasteiger partial charge in [-0.2, -0.15) is 0 Å². The minimum absolute atomic E-state index is 0.106. The van der Waals surface area contributed by atoms with Gasteiger partial charge in [-0.1, -0.05) is 13.8 Å². The molecule has 0 radical (unpaired) electrons. The van der Waals surface area contributed by atoms with E-state index >= 15 is 0 Å². The molecule has 1 fully saturated rings. The maximum absolute atomic E-state index is 6.29. The van der Waals surface area contributed by atoms with Crippen LogP contribution in [0.1, 0.15) is 59.4 Å². The average molecular weight is 290 g/mol. The minimum atomic E-state index is 0.106. The van der Waals surface area contributed by atoms with Gasteiger partial charge in [0.2, 0.25) is 0 Å². The van der Waals surface area contributed by atoms with Crippen LogP contribution < -0.4 is 10.1 Å². The van der Waals surface area contributed by atoms with E-state index in [1.807, 2.05) is 12.4 Å². The summed E-state index contributed by atoms with van der Waals surface area (Å²) in [6, 6.07) is 2.06. The van der Waals surface area contributed by atoms with Crippen molar-refractivity contribution >= 4 is 0 Å². The number of ether oxygens (including phenoxy) is 1. The summed E-state index contributed by atoms with van der Waals surface area (Å²) in [5.41, 5.74) is 1.31. The van der Waals surface area contributed by atoms with Crippen molar-refractivity contribution in [2.75, 3.05) is 0 Å². The lowest BCUT2D eigenvalue weighted by molar-refractivity contribution is 0.0994. The van der Waals surface area contributed by atoms with E-state index in [4.69, 9.17) is 4.74 Å². The first kappa shape index (κ1) is 16.3. The topological polar surface area (TPSA) is 34.1 Å². The Morgan fingerprint density at radius 3 is 2.48 bits per heavy atom. The Labute approximate surface area is 129 Å². The van der Waals surface area contributed by atoms with Crippen molar-refractivity contribution in [1.82, 2.24) is 10.3 Å². The second-order valence-electron chi connectivity index (χ2n) is 7.74. The molecule has 1 aromatic heterocycles. The van der Waals surface area contributed by atoms with E-state index in [1.54, 1.807) is 0 Å². The summed E-state index contributed by atoms with van der Waals surface area (Å²) < 4.78 is 6.29. The zero-order valence-electron chi connectivity index (χ0n) is 14.1. The first-order valence-corrected chi connectivity index (χ1v) is 8.18. The second-order valence-corrected chi connectivity index (χ2v) is 7.74. The molecule has 1 aliphatic rings. The van der Waals surface area contributed by atoms with Crippen molar-refractivity contribution in [3.8, 4) is 5.75 Å². The van der Waals surface area contributed by atoms with Gasteiger partial charge in [0.05, 0.1) is 12.3 Å². The van der Waals surface area contributed by atoms with E-state index in [-0.39, 0.29) is 5.54 Å². The van der Waals surface area contributed by atoms with Gasteiger partial charge in [0.1, 0.15) is 5.75 Å². The fourth-order valence-electron chi connectivity index (χ4n) is 3.17. The summed E-state index contributed by atoms with van der Waals surface area (Å²) in [6.07, 6.45) is 7.69. The molecule has 0 bridgehead atoms. The van der Waals surface area contributed by atoms with Crippen LogP contribution in [0.15, 0.2) is 18.5 Å². The van der Waals surface area contributed by atoms with Crippen LogP contribution in [-0.2, 0) is 6.54 Å². The monoisotopic (exact) mass is 290 g/mol. The first-order valence-electron chi connectivity index (χ1n) is 8.18. The molecule has 1 aliphatic carbocycles. The fourth-order valence-corrected chi connectivity index (χ4v) is 3.17. The molecule has 0 amide bonds. The van der Waals surface area contributed by atoms with Gasteiger partial charge in [-0.3, -0.25) is 4.98 Å². The van der Waals surface area contributed by atoms with Crippen molar-refractivity contribution in [2.45, 2.75) is 72.1 Å². The molecule has 1 saturated carbocycles. The lowest BCUT2D eigenvalue weighted by Gasteiger charge is -2.32. The Bertz CT molecular complexity index is 443. The van der Waals surface area contributed by atoms with Gasteiger partial charge in [0.15, 0.2) is 0 Å². The van der Waals surface area contributed by atoms with Gasteiger partial charge < -0.3 is 10.1 Å². The smallest absolute Gasteiger partial charge is 0.142 e. The molecular weight excluding hydrogens is 260 g/mol. The Morgan fingerprint density at radius 2 is 1.86 bits per heavy atom. The number of pyridine rings is 1. The molecule has 0 spiro atoms. The van der Waals surface area contributed by atoms with Crippen molar-refractivity contribution < 1.29 is 4.74 Å². The lowest BCUT2D eigenvalue weighted by atomic mass is 9.82. The highest BCUT2D eigenvalue weighted by Gasteiger charge is 2.26. The van der Waals surface area contributed by atoms with Crippen molar-refractivity contribution in [1.29, 1.82) is 0 Å². The van der Waals surface area contributed by atoms with E-state index < -0.39 is 0 Å². The molecule has 1 heterocycles. The van der Waals surface area contributed by atoms with Gasteiger partial charge in [-0.15, -0.1) is 0 Å². The highest BCUT2D eigenvalue weighted by Crippen LogP contribution is 2.32. The van der Waals surface area contributed by atoms with Crippen LogP contribution in [0.5, 0.6) is 5.75 Å². The van der Waals surface area contributed by atoms with Crippen molar-refractivity contribution in [2.24, 2.45) is 11.8 Å². The molecule has 21 heavy (non-hydrogen) atoms. The third-order valence-electron chi connectivity index (χ3n) is 4.11. The molecule has 3 heteroatoms. The molecule has 0 saturated heterocycles. The van der Waals surface area contributed by atoms with Crippen molar-refractivity contribution in [3.63, 3.8) is 0 Å². The Kier molecular flexibility index (Phi) is 5.26. The molecule has 2 rings (SSSR count). The first-order chi connectivity index (χ1) is 9.83. The quantitative estimate of drug-likeness (QED) is 0.903. The van der Waals surface area contributed by atoms with Gasteiger partial charge in [0.25, 0.3) is 0 Å². The number of hydrogen-bond acceptors (Lipinski definition) is 3. The summed E-state index contributed by atoms with van der Waals surface area (Å²) in [6.45, 7) is 12.0. The van der Waals surface area contributed by atoms with E-state index in [1.165, 1.54) is 12.0 Å². The van der Waals surface area contributed by atoms with Crippen LogP contribution in [0, 0.1) is 11.8 Å². The van der Waals surface area contributed by atoms with E-state index in [0.717, 1.165) is 37.0 Å². The van der Waals surface area contributed by atoms with E-state index in [9.17, 15) is 0 Å². The maximum atomic E-state index is 6.29. The van der Waals surface area contributed by atoms with E-state index in [2.05, 4.69) is 51.0 Å². The summed E-state index contributed by atoms with van der Waals surface area (Å²) in [7, 11) is 0. The predicted molar refractivity (Wildman–Crippen MR) is 87.4 cm³/mol. The van der Waals surface area contributed by atoms with Crippen LogP contribution in [0.3, 0.4) is 0 Å². The molecule has 2 unspecified atom stereocenters. The maximum Gasteiger partial charge on any atom is 0.142 e. The zero-order valence-corrected chi connectivity index (χ0v) is 14.1. The molecule has 0 aliphatic heterocycles. The Balaban J connectivity index is 2.02. The lowest BCUT2D eigenvalue weighted by Crippen LogP contribution is -2.35. The SMILES string of the molecule is CC1CC(C)CC(Oc2cnccc2CNC(C)(C)C)C1. The Hall–Kier alpha value is -1.09. The average Bonchev–Trinajstić information content (AvgIpc) is 2.35. The molecule has 2 atom stereocenters. The van der Waals surface area contributed by atoms with Gasteiger partial charge in [-0.05, 0) is 57.9 Å². The number of rotatable bonds is 4. The third-order valence-corrected chi connectivity index (χ3v) is 4.11. The molecule has 1 N–H and O–H groups in total. The van der Waals surface area contributed by atoms with Gasteiger partial charge >= 0.3 is 0 Å². The molecule has 0 aromatic carbocycles. The Morgan fingerprint density at radius 1 is 1.19 bits per heavy atom. The molecular formula is C18H30N2O. The second kappa shape index (κ2) is 6.78. The summed E-state index contributed by atoms with van der Waals surface area (Å²) in [5.74, 6) is 2.46. The summed E-state index contributed by atoms with van der Waals surface area (Å²) in [5, 5.41) is 3.53. The highest BCUT2D eigenvalue weighted by molar-refractivity contribution is 5.30. The fraction of sp³-hybridized carbons (Fsp3) is 0.722. The number of aromatic nitrogens is 1. The molecule has 118 valence electrons.